The van der Waals surface area contributed by atoms with Crippen molar-refractivity contribution < 1.29 is 4.79 Å². The number of rotatable bonds is 5. The Hall–Kier alpha value is -1.09. The van der Waals surface area contributed by atoms with Gasteiger partial charge in [0.25, 0.3) is 5.91 Å². The maximum absolute atomic E-state index is 12.4. The third kappa shape index (κ3) is 3.22. The minimum atomic E-state index is 0.0726. The molecule has 0 unspecified atom stereocenters. The fourth-order valence-corrected chi connectivity index (χ4v) is 2.23. The van der Waals surface area contributed by atoms with Crippen molar-refractivity contribution in [2.45, 2.75) is 33.1 Å². The molecule has 0 aromatic carbocycles. The number of carbonyl (C=O) groups excluding carboxylic acids is 1. The van der Waals surface area contributed by atoms with Gasteiger partial charge < -0.3 is 4.90 Å². The lowest BCUT2D eigenvalue weighted by Crippen LogP contribution is -2.32. The van der Waals surface area contributed by atoms with E-state index in [-0.39, 0.29) is 5.91 Å². The lowest BCUT2D eigenvalue weighted by molar-refractivity contribution is 0.0756. The van der Waals surface area contributed by atoms with Crippen LogP contribution in [0.4, 0.5) is 0 Å². The van der Waals surface area contributed by atoms with Crippen LogP contribution >= 0.6 is 11.6 Å². The number of halogens is 1. The molecule has 0 N–H and O–H groups in total. The van der Waals surface area contributed by atoms with Crippen LogP contribution in [0.15, 0.2) is 12.1 Å². The lowest BCUT2D eigenvalue weighted by Gasteiger charge is -2.21. The highest BCUT2D eigenvalue weighted by atomic mass is 35.5. The molecule has 1 aromatic rings. The molecule has 18 heavy (non-hydrogen) atoms. The fraction of sp³-hybridized carbons (Fsp3) is 0.571. The average Bonchev–Trinajstić information content (AvgIpc) is 3.18. The van der Waals surface area contributed by atoms with E-state index < -0.39 is 0 Å². The molecule has 0 spiro atoms. The van der Waals surface area contributed by atoms with Crippen molar-refractivity contribution in [2.24, 2.45) is 5.92 Å². The van der Waals surface area contributed by atoms with Crippen molar-refractivity contribution in [3.05, 3.63) is 28.5 Å². The maximum Gasteiger partial charge on any atom is 0.254 e. The molecule has 3 nitrogen and oxygen atoms in total. The Morgan fingerprint density at radius 1 is 1.44 bits per heavy atom. The summed E-state index contributed by atoms with van der Waals surface area (Å²) in [6.45, 7) is 5.64. The first-order valence-electron chi connectivity index (χ1n) is 6.59. The summed E-state index contributed by atoms with van der Waals surface area (Å²) < 4.78 is 0. The predicted octanol–water partition coefficient (Wildman–Crippen LogP) is 3.17. The van der Waals surface area contributed by atoms with Gasteiger partial charge in [0, 0.05) is 24.3 Å². The topological polar surface area (TPSA) is 33.2 Å². The number of hydrogen-bond donors (Lipinski definition) is 0. The molecule has 0 atom stereocenters. The van der Waals surface area contributed by atoms with Crippen LogP contribution in [0.25, 0.3) is 0 Å². The minimum absolute atomic E-state index is 0.0726. The van der Waals surface area contributed by atoms with Crippen LogP contribution < -0.4 is 0 Å². The average molecular weight is 267 g/mol. The molecule has 1 aliphatic carbocycles. The van der Waals surface area contributed by atoms with Crippen molar-refractivity contribution in [3.8, 4) is 0 Å². The van der Waals surface area contributed by atoms with Gasteiger partial charge in [0.05, 0.1) is 0 Å². The van der Waals surface area contributed by atoms with Gasteiger partial charge in [-0.1, -0.05) is 18.5 Å². The summed E-state index contributed by atoms with van der Waals surface area (Å²) in [5.74, 6) is 0.778. The van der Waals surface area contributed by atoms with E-state index in [9.17, 15) is 4.79 Å². The zero-order chi connectivity index (χ0) is 13.1. The molecule has 2 rings (SSSR count). The second-order valence-electron chi connectivity index (χ2n) is 4.81. The van der Waals surface area contributed by atoms with Crippen molar-refractivity contribution in [2.75, 3.05) is 13.1 Å². The van der Waals surface area contributed by atoms with E-state index in [0.29, 0.717) is 16.6 Å². The van der Waals surface area contributed by atoms with Crippen LogP contribution in [0, 0.1) is 5.92 Å². The molecule has 98 valence electrons. The van der Waals surface area contributed by atoms with E-state index in [0.717, 1.165) is 25.2 Å². The summed E-state index contributed by atoms with van der Waals surface area (Å²) in [7, 11) is 0. The highest BCUT2D eigenvalue weighted by Crippen LogP contribution is 2.30. The normalized spacial score (nSPS) is 14.6. The maximum atomic E-state index is 12.4. The van der Waals surface area contributed by atoms with Crippen molar-refractivity contribution in [1.29, 1.82) is 0 Å². The first-order chi connectivity index (χ1) is 8.63. The molecule has 0 saturated heterocycles. The van der Waals surface area contributed by atoms with E-state index in [4.69, 9.17) is 11.6 Å². The Morgan fingerprint density at radius 3 is 2.72 bits per heavy atom. The predicted molar refractivity (Wildman–Crippen MR) is 72.9 cm³/mol. The molecule has 1 heterocycles. The molecular formula is C14H19ClN2O. The standard InChI is InChI=1S/C14H19ClN2O/c1-3-12-7-11(8-13(15)16-12)14(18)17(4-2)9-10-5-6-10/h7-8,10H,3-6,9H2,1-2H3. The van der Waals surface area contributed by atoms with E-state index in [1.165, 1.54) is 12.8 Å². The first-order valence-corrected chi connectivity index (χ1v) is 6.97. The number of amides is 1. The Morgan fingerprint density at radius 2 is 2.17 bits per heavy atom. The quantitative estimate of drug-likeness (QED) is 0.767. The highest BCUT2D eigenvalue weighted by Gasteiger charge is 2.26. The van der Waals surface area contributed by atoms with Gasteiger partial charge >= 0.3 is 0 Å². The van der Waals surface area contributed by atoms with Crippen LogP contribution in [0.2, 0.25) is 5.15 Å². The number of nitrogens with zero attached hydrogens (tertiary/aromatic N) is 2. The third-order valence-corrected chi connectivity index (χ3v) is 3.49. The van der Waals surface area contributed by atoms with Gasteiger partial charge in [-0.3, -0.25) is 4.79 Å². The van der Waals surface area contributed by atoms with Crippen LogP contribution in [0.3, 0.4) is 0 Å². The van der Waals surface area contributed by atoms with Crippen molar-refractivity contribution in [1.82, 2.24) is 9.88 Å². The first kappa shape index (κ1) is 13.3. The van der Waals surface area contributed by atoms with Gasteiger partial charge in [0.1, 0.15) is 5.15 Å². The van der Waals surface area contributed by atoms with Gasteiger partial charge in [0.15, 0.2) is 0 Å². The Bertz CT molecular complexity index is 443. The summed E-state index contributed by atoms with van der Waals surface area (Å²) in [5, 5.41) is 0.403. The molecule has 0 aliphatic heterocycles. The minimum Gasteiger partial charge on any atom is -0.339 e. The molecule has 0 radical (unpaired) electrons. The number of pyridine rings is 1. The Kier molecular flexibility index (Phi) is 4.23. The van der Waals surface area contributed by atoms with E-state index in [2.05, 4.69) is 4.98 Å². The molecule has 1 saturated carbocycles. The summed E-state index contributed by atoms with van der Waals surface area (Å²) >= 11 is 5.96. The summed E-state index contributed by atoms with van der Waals surface area (Å²) in [4.78, 5) is 18.5. The molecule has 1 aliphatic rings. The molecular weight excluding hydrogens is 248 g/mol. The van der Waals surface area contributed by atoms with Gasteiger partial charge in [-0.2, -0.15) is 0 Å². The van der Waals surface area contributed by atoms with Crippen LogP contribution in [0.1, 0.15) is 42.7 Å². The second-order valence-corrected chi connectivity index (χ2v) is 5.20. The van der Waals surface area contributed by atoms with Gasteiger partial charge in [0.2, 0.25) is 0 Å². The van der Waals surface area contributed by atoms with Crippen molar-refractivity contribution in [3.63, 3.8) is 0 Å². The van der Waals surface area contributed by atoms with Crippen molar-refractivity contribution >= 4 is 17.5 Å². The number of hydrogen-bond acceptors (Lipinski definition) is 2. The zero-order valence-corrected chi connectivity index (χ0v) is 11.7. The number of carbonyl (C=O) groups is 1. The van der Waals surface area contributed by atoms with Crippen LogP contribution in [-0.4, -0.2) is 28.9 Å². The highest BCUT2D eigenvalue weighted by molar-refractivity contribution is 6.29. The molecule has 4 heteroatoms. The smallest absolute Gasteiger partial charge is 0.254 e. The van der Waals surface area contributed by atoms with Crippen LogP contribution in [0.5, 0.6) is 0 Å². The number of aromatic nitrogens is 1. The molecule has 1 amide bonds. The van der Waals surface area contributed by atoms with Gasteiger partial charge in [-0.25, -0.2) is 4.98 Å². The van der Waals surface area contributed by atoms with Crippen LogP contribution in [-0.2, 0) is 6.42 Å². The lowest BCUT2D eigenvalue weighted by atomic mass is 10.1. The second kappa shape index (κ2) is 5.70. The van der Waals surface area contributed by atoms with Gasteiger partial charge in [-0.15, -0.1) is 0 Å². The SMILES string of the molecule is CCc1cc(C(=O)N(CC)CC2CC2)cc(Cl)n1. The Labute approximate surface area is 113 Å². The summed E-state index contributed by atoms with van der Waals surface area (Å²) in [6.07, 6.45) is 3.29. The third-order valence-electron chi connectivity index (χ3n) is 3.30. The fourth-order valence-electron chi connectivity index (χ4n) is 2.01. The molecule has 1 aromatic heterocycles. The number of aryl methyl sites for hydroxylation is 1. The summed E-state index contributed by atoms with van der Waals surface area (Å²) in [5.41, 5.74) is 1.53. The monoisotopic (exact) mass is 266 g/mol. The largest absolute Gasteiger partial charge is 0.339 e. The zero-order valence-electron chi connectivity index (χ0n) is 10.9. The van der Waals surface area contributed by atoms with E-state index in [1.807, 2.05) is 24.8 Å². The van der Waals surface area contributed by atoms with E-state index >= 15 is 0 Å². The molecule has 1 fully saturated rings. The van der Waals surface area contributed by atoms with E-state index in [1.54, 1.807) is 6.07 Å². The molecule has 0 bridgehead atoms. The summed E-state index contributed by atoms with van der Waals surface area (Å²) in [6, 6.07) is 3.52. The van der Waals surface area contributed by atoms with Gasteiger partial charge in [-0.05, 0) is 44.2 Å². The Balaban J connectivity index is 2.17.